The number of carbonyl (C=O) groups excluding carboxylic acids is 1. The highest BCUT2D eigenvalue weighted by Gasteiger charge is 1.81. The van der Waals surface area contributed by atoms with Crippen LogP contribution in [0.4, 0.5) is 0 Å². The van der Waals surface area contributed by atoms with Crippen LogP contribution in [0.15, 0.2) is 0 Å². The highest BCUT2D eigenvalue weighted by atomic mass is 32.9. The molecule has 11 heavy (non-hydrogen) atoms. The van der Waals surface area contributed by atoms with Gasteiger partial charge in [-0.2, -0.15) is 0 Å². The molecule has 0 aromatic carbocycles. The van der Waals surface area contributed by atoms with Crippen LogP contribution in [-0.4, -0.2) is 25.9 Å². The normalized spacial score (nSPS) is 9.45. The molecule has 0 rings (SSSR count). The van der Waals surface area contributed by atoms with Crippen LogP contribution >= 0.6 is 0 Å². The zero-order chi connectivity index (χ0) is 9.49. The van der Waals surface area contributed by atoms with E-state index < -0.39 is 9.05 Å². The lowest BCUT2D eigenvalue weighted by molar-refractivity contribution is -0.140. The van der Waals surface area contributed by atoms with E-state index in [0.29, 0.717) is 6.61 Å². The minimum Gasteiger partial charge on any atom is -0.780 e. The summed E-state index contributed by atoms with van der Waals surface area (Å²) in [6.45, 7) is 3.65. The molecule has 0 fully saturated rings. The standard InChI is InChI=1S/C4H8O2.H2O3S2/c1-3-6-4(2)5;1-5(2,3)4/h3H2,1-2H3;(H2,1,2,3,4)/p-2. The Morgan fingerprint density at radius 1 is 1.64 bits per heavy atom. The van der Waals surface area contributed by atoms with E-state index in [-0.39, 0.29) is 5.97 Å². The summed E-state index contributed by atoms with van der Waals surface area (Å²) in [6, 6.07) is 0. The predicted octanol–water partition coefficient (Wildman–Crippen LogP) is -0.437. The highest BCUT2D eigenvalue weighted by molar-refractivity contribution is 8.26. The molecule has 0 saturated heterocycles. The molecular weight excluding hydrogens is 192 g/mol. The lowest BCUT2D eigenvalue weighted by Crippen LogP contribution is -1.95. The number of rotatable bonds is 1. The van der Waals surface area contributed by atoms with Crippen molar-refractivity contribution in [3.8, 4) is 0 Å². The summed E-state index contributed by atoms with van der Waals surface area (Å²) in [6.07, 6.45) is 0. The first kappa shape index (κ1) is 13.4. The molecule has 0 N–H and O–H groups in total. The average molecular weight is 200 g/mol. The van der Waals surface area contributed by atoms with Crippen molar-refractivity contribution in [2.45, 2.75) is 13.8 Å². The van der Waals surface area contributed by atoms with Crippen LogP contribution in [0.5, 0.6) is 0 Å². The largest absolute Gasteiger partial charge is 0.780 e. The average Bonchev–Trinajstić information content (AvgIpc) is 1.58. The van der Waals surface area contributed by atoms with E-state index in [2.05, 4.69) is 15.9 Å². The fourth-order valence-electron chi connectivity index (χ4n) is 0.203. The van der Waals surface area contributed by atoms with Gasteiger partial charge in [0.25, 0.3) is 0 Å². The Morgan fingerprint density at radius 3 is 1.91 bits per heavy atom. The van der Waals surface area contributed by atoms with Crippen LogP contribution in [-0.2, 0) is 29.8 Å². The van der Waals surface area contributed by atoms with Gasteiger partial charge in [0.1, 0.15) is 0 Å². The maximum Gasteiger partial charge on any atom is 0.302 e. The zero-order valence-corrected chi connectivity index (χ0v) is 7.70. The summed E-state index contributed by atoms with van der Waals surface area (Å²) in [5.74, 6) is -0.211. The van der Waals surface area contributed by atoms with E-state index in [4.69, 9.17) is 13.3 Å². The van der Waals surface area contributed by atoms with Crippen molar-refractivity contribution < 1.29 is 22.8 Å². The molecular formula is C4H8O5S2-2. The molecule has 0 bridgehead atoms. The number of esters is 1. The third kappa shape index (κ3) is 77.2. The van der Waals surface area contributed by atoms with Gasteiger partial charge in [0, 0.05) is 6.92 Å². The van der Waals surface area contributed by atoms with Crippen LogP contribution in [0, 0.1) is 0 Å². The fourth-order valence-corrected chi connectivity index (χ4v) is 0.203. The van der Waals surface area contributed by atoms with Gasteiger partial charge in [0.05, 0.1) is 6.61 Å². The summed E-state index contributed by atoms with van der Waals surface area (Å²) in [7, 11) is -4.33. The van der Waals surface area contributed by atoms with Gasteiger partial charge in [-0.3, -0.25) is 9.00 Å². The number of hydrogen-bond acceptors (Lipinski definition) is 6. The third-order valence-corrected chi connectivity index (χ3v) is 0.348. The molecule has 0 aromatic rings. The number of hydrogen-bond donors (Lipinski definition) is 0. The molecule has 0 aromatic heterocycles. The van der Waals surface area contributed by atoms with Gasteiger partial charge in [-0.05, 0) is 18.1 Å². The molecule has 0 spiro atoms. The SMILES string of the molecule is CCOC(C)=O.O=S([O-])([O-])=S. The first-order chi connectivity index (χ1) is 4.77. The Hall–Kier alpha value is -0.240. The molecule has 0 saturated carbocycles. The smallest absolute Gasteiger partial charge is 0.302 e. The molecule has 5 nitrogen and oxygen atoms in total. The molecule has 0 heterocycles. The van der Waals surface area contributed by atoms with Gasteiger partial charge in [-0.25, -0.2) is 0 Å². The van der Waals surface area contributed by atoms with E-state index >= 15 is 0 Å². The van der Waals surface area contributed by atoms with Crippen molar-refractivity contribution in [3.63, 3.8) is 0 Å². The van der Waals surface area contributed by atoms with Crippen molar-refractivity contribution >= 4 is 26.2 Å². The summed E-state index contributed by atoms with van der Waals surface area (Å²) in [5, 5.41) is 0. The van der Waals surface area contributed by atoms with Gasteiger partial charge < -0.3 is 13.8 Å². The van der Waals surface area contributed by atoms with Crippen LogP contribution in [0.25, 0.3) is 0 Å². The Morgan fingerprint density at radius 2 is 1.91 bits per heavy atom. The van der Waals surface area contributed by atoms with E-state index in [0.717, 1.165) is 0 Å². The molecule has 0 amide bonds. The quantitative estimate of drug-likeness (QED) is 0.533. The van der Waals surface area contributed by atoms with Gasteiger partial charge in [-0.1, -0.05) is 0 Å². The second kappa shape index (κ2) is 6.47. The number of ether oxygens (including phenoxy) is 1. The van der Waals surface area contributed by atoms with Crippen molar-refractivity contribution in [3.05, 3.63) is 0 Å². The molecule has 0 aliphatic carbocycles. The van der Waals surface area contributed by atoms with E-state index in [9.17, 15) is 4.79 Å². The van der Waals surface area contributed by atoms with E-state index in [1.807, 2.05) is 0 Å². The minimum atomic E-state index is -4.33. The monoisotopic (exact) mass is 200 g/mol. The maximum atomic E-state index is 9.82. The van der Waals surface area contributed by atoms with Crippen LogP contribution in [0.3, 0.4) is 0 Å². The van der Waals surface area contributed by atoms with Crippen molar-refractivity contribution in [1.82, 2.24) is 0 Å². The van der Waals surface area contributed by atoms with Crippen molar-refractivity contribution in [2.75, 3.05) is 6.61 Å². The van der Waals surface area contributed by atoms with Gasteiger partial charge in [0.2, 0.25) is 0 Å². The van der Waals surface area contributed by atoms with Crippen molar-refractivity contribution in [2.24, 2.45) is 0 Å². The molecule has 0 radical (unpaired) electrons. The summed E-state index contributed by atoms with van der Waals surface area (Å²) in [5.41, 5.74) is 0. The van der Waals surface area contributed by atoms with Gasteiger partial charge >= 0.3 is 5.97 Å². The first-order valence-corrected chi connectivity index (χ1v) is 4.90. The predicted molar refractivity (Wildman–Crippen MR) is 39.4 cm³/mol. The zero-order valence-electron chi connectivity index (χ0n) is 6.06. The molecule has 0 aliphatic rings. The second-order valence-electron chi connectivity index (χ2n) is 1.33. The molecule has 0 aliphatic heterocycles. The molecule has 7 heteroatoms. The topological polar surface area (TPSA) is 89.5 Å². The van der Waals surface area contributed by atoms with E-state index in [1.54, 1.807) is 6.92 Å². The lowest BCUT2D eigenvalue weighted by atomic mass is 10.8. The third-order valence-electron chi connectivity index (χ3n) is 0.348. The molecule has 0 unspecified atom stereocenters. The summed E-state index contributed by atoms with van der Waals surface area (Å²) < 4.78 is 31.1. The summed E-state index contributed by atoms with van der Waals surface area (Å²) >= 11 is 3.24. The Bertz CT molecular complexity index is 187. The van der Waals surface area contributed by atoms with Crippen LogP contribution < -0.4 is 0 Å². The van der Waals surface area contributed by atoms with Crippen LogP contribution in [0.2, 0.25) is 0 Å². The number of carbonyl (C=O) groups is 1. The minimum absolute atomic E-state index is 0.211. The first-order valence-electron chi connectivity index (χ1n) is 2.57. The summed E-state index contributed by atoms with van der Waals surface area (Å²) in [4.78, 5) is 9.82. The molecule has 68 valence electrons. The fraction of sp³-hybridized carbons (Fsp3) is 0.750. The van der Waals surface area contributed by atoms with Crippen LogP contribution in [0.1, 0.15) is 13.8 Å². The Balaban J connectivity index is 0. The highest BCUT2D eigenvalue weighted by Crippen LogP contribution is 1.69. The van der Waals surface area contributed by atoms with E-state index in [1.165, 1.54) is 6.92 Å². The Labute approximate surface area is 70.1 Å². The maximum absolute atomic E-state index is 9.82. The Kier molecular flexibility index (Phi) is 7.85. The second-order valence-corrected chi connectivity index (χ2v) is 3.37. The van der Waals surface area contributed by atoms with Crippen molar-refractivity contribution in [1.29, 1.82) is 0 Å². The molecule has 0 atom stereocenters. The van der Waals surface area contributed by atoms with Gasteiger partial charge in [-0.15, -0.1) is 9.05 Å². The van der Waals surface area contributed by atoms with Gasteiger partial charge in [0.15, 0.2) is 0 Å². The lowest BCUT2D eigenvalue weighted by Gasteiger charge is -2.12.